The summed E-state index contributed by atoms with van der Waals surface area (Å²) in [7, 11) is 0. The van der Waals surface area contributed by atoms with Crippen molar-refractivity contribution in [1.29, 1.82) is 0 Å². The van der Waals surface area contributed by atoms with Crippen LogP contribution in [0.3, 0.4) is 0 Å². The number of aromatic nitrogens is 3. The molecular weight excluding hydrogens is 264 g/mol. The monoisotopic (exact) mass is 280 g/mol. The minimum atomic E-state index is 0.635. The van der Waals surface area contributed by atoms with Gasteiger partial charge in [0.1, 0.15) is 11.4 Å². The van der Waals surface area contributed by atoms with Crippen LogP contribution >= 0.6 is 0 Å². The highest BCUT2D eigenvalue weighted by Gasteiger charge is 2.09. The van der Waals surface area contributed by atoms with Crippen molar-refractivity contribution < 1.29 is 4.74 Å². The van der Waals surface area contributed by atoms with Gasteiger partial charge in [0.2, 0.25) is 0 Å². The highest BCUT2D eigenvalue weighted by atomic mass is 16.5. The van der Waals surface area contributed by atoms with Gasteiger partial charge in [0.05, 0.1) is 24.2 Å². The number of hydrogen-bond acceptors (Lipinski definition) is 4. The van der Waals surface area contributed by atoms with Crippen LogP contribution in [0.4, 0.5) is 5.69 Å². The first-order chi connectivity index (χ1) is 10.3. The lowest BCUT2D eigenvalue weighted by Crippen LogP contribution is -1.95. The summed E-state index contributed by atoms with van der Waals surface area (Å²) in [6, 6.07) is 11.5. The number of rotatable bonds is 4. The maximum absolute atomic E-state index is 6.08. The van der Waals surface area contributed by atoms with E-state index < -0.39 is 0 Å². The average Bonchev–Trinajstić information content (AvgIpc) is 2.91. The molecule has 21 heavy (non-hydrogen) atoms. The molecule has 2 N–H and O–H groups in total. The van der Waals surface area contributed by atoms with Crippen molar-refractivity contribution >= 4 is 5.69 Å². The van der Waals surface area contributed by atoms with Crippen LogP contribution in [0, 0.1) is 0 Å². The summed E-state index contributed by atoms with van der Waals surface area (Å²) in [5, 5.41) is 4.55. The van der Waals surface area contributed by atoms with Gasteiger partial charge in [-0.15, -0.1) is 0 Å². The molecule has 2 heterocycles. The van der Waals surface area contributed by atoms with Crippen molar-refractivity contribution in [2.45, 2.75) is 6.92 Å². The summed E-state index contributed by atoms with van der Waals surface area (Å²) in [6.07, 6.45) is 5.26. The van der Waals surface area contributed by atoms with Crippen molar-refractivity contribution in [3.05, 3.63) is 55.0 Å². The van der Waals surface area contributed by atoms with Crippen LogP contribution in [0.1, 0.15) is 6.92 Å². The molecule has 3 aromatic rings. The van der Waals surface area contributed by atoms with E-state index in [1.807, 2.05) is 43.3 Å². The van der Waals surface area contributed by atoms with Gasteiger partial charge in [0.25, 0.3) is 0 Å². The van der Waals surface area contributed by atoms with Crippen LogP contribution in [-0.4, -0.2) is 21.4 Å². The van der Waals surface area contributed by atoms with Crippen molar-refractivity contribution in [2.24, 2.45) is 0 Å². The van der Waals surface area contributed by atoms with Crippen LogP contribution < -0.4 is 10.5 Å². The van der Waals surface area contributed by atoms with E-state index >= 15 is 0 Å². The molecule has 2 aromatic heterocycles. The Bertz CT molecular complexity index is 720. The lowest BCUT2D eigenvalue weighted by atomic mass is 10.1. The van der Waals surface area contributed by atoms with Crippen molar-refractivity contribution in [1.82, 2.24) is 14.8 Å². The van der Waals surface area contributed by atoms with Gasteiger partial charge in [-0.1, -0.05) is 0 Å². The predicted molar refractivity (Wildman–Crippen MR) is 82.4 cm³/mol. The number of nitrogens with zero attached hydrogens (tertiary/aromatic N) is 3. The van der Waals surface area contributed by atoms with Crippen LogP contribution in [0.2, 0.25) is 0 Å². The Balaban J connectivity index is 1.94. The van der Waals surface area contributed by atoms with E-state index in [0.717, 1.165) is 22.7 Å². The van der Waals surface area contributed by atoms with Crippen LogP contribution in [0.25, 0.3) is 16.9 Å². The fourth-order valence-corrected chi connectivity index (χ4v) is 2.12. The number of nitrogens with two attached hydrogens (primary N) is 1. The van der Waals surface area contributed by atoms with Crippen LogP contribution in [-0.2, 0) is 0 Å². The number of pyridine rings is 1. The molecule has 0 aliphatic heterocycles. The van der Waals surface area contributed by atoms with E-state index in [-0.39, 0.29) is 0 Å². The van der Waals surface area contributed by atoms with E-state index in [9.17, 15) is 0 Å². The molecule has 5 heteroatoms. The van der Waals surface area contributed by atoms with Gasteiger partial charge in [-0.2, -0.15) is 5.10 Å². The molecule has 106 valence electrons. The Labute approximate surface area is 123 Å². The largest absolute Gasteiger partial charge is 0.494 e. The van der Waals surface area contributed by atoms with Gasteiger partial charge in [-0.3, -0.25) is 4.98 Å². The summed E-state index contributed by atoms with van der Waals surface area (Å²) in [5.41, 5.74) is 9.36. The number of benzene rings is 1. The molecular formula is C16H16N4O. The van der Waals surface area contributed by atoms with E-state index in [1.165, 1.54) is 0 Å². The Morgan fingerprint density at radius 3 is 2.48 bits per heavy atom. The van der Waals surface area contributed by atoms with Gasteiger partial charge in [0, 0.05) is 18.0 Å². The van der Waals surface area contributed by atoms with E-state index in [2.05, 4.69) is 10.1 Å². The topological polar surface area (TPSA) is 66.0 Å². The number of nitrogen functional groups attached to an aromatic ring is 1. The quantitative estimate of drug-likeness (QED) is 0.798. The molecule has 0 spiro atoms. The van der Waals surface area contributed by atoms with Crippen molar-refractivity contribution in [2.75, 3.05) is 12.3 Å². The molecule has 1 aromatic carbocycles. The second kappa shape index (κ2) is 5.66. The highest BCUT2D eigenvalue weighted by Crippen LogP contribution is 2.27. The van der Waals surface area contributed by atoms with E-state index in [1.54, 1.807) is 23.3 Å². The standard InChI is InChI=1S/C16H16N4O/c1-2-21-14-5-3-12(4-6-14)16-15(17)11-20(19-16)13-7-9-18-10-8-13/h3-11H,2,17H2,1H3. The fraction of sp³-hybridized carbons (Fsp3) is 0.125. The van der Waals surface area contributed by atoms with Gasteiger partial charge in [-0.05, 0) is 43.3 Å². The number of hydrogen-bond donors (Lipinski definition) is 1. The lowest BCUT2D eigenvalue weighted by molar-refractivity contribution is 0.340. The van der Waals surface area contributed by atoms with E-state index in [4.69, 9.17) is 10.5 Å². The van der Waals surface area contributed by atoms with Gasteiger partial charge in [-0.25, -0.2) is 4.68 Å². The summed E-state index contributed by atoms with van der Waals surface area (Å²) >= 11 is 0. The summed E-state index contributed by atoms with van der Waals surface area (Å²) in [5.74, 6) is 0.841. The summed E-state index contributed by atoms with van der Waals surface area (Å²) < 4.78 is 7.19. The second-order valence-corrected chi connectivity index (χ2v) is 4.54. The molecule has 3 rings (SSSR count). The normalized spacial score (nSPS) is 10.5. The van der Waals surface area contributed by atoms with Crippen molar-refractivity contribution in [3.8, 4) is 22.7 Å². The van der Waals surface area contributed by atoms with Gasteiger partial charge in [0.15, 0.2) is 0 Å². The summed E-state index contributed by atoms with van der Waals surface area (Å²) in [6.45, 7) is 2.61. The van der Waals surface area contributed by atoms with Gasteiger partial charge < -0.3 is 10.5 Å². The van der Waals surface area contributed by atoms with Gasteiger partial charge >= 0.3 is 0 Å². The molecule has 0 amide bonds. The highest BCUT2D eigenvalue weighted by molar-refractivity contribution is 5.72. The third kappa shape index (κ3) is 2.72. The Kier molecular flexibility index (Phi) is 3.55. The molecule has 0 bridgehead atoms. The first-order valence-electron chi connectivity index (χ1n) is 6.76. The zero-order valence-corrected chi connectivity index (χ0v) is 11.7. The molecule has 0 atom stereocenters. The first kappa shape index (κ1) is 13.2. The SMILES string of the molecule is CCOc1ccc(-c2nn(-c3ccncc3)cc2N)cc1. The Morgan fingerprint density at radius 1 is 1.10 bits per heavy atom. The Hall–Kier alpha value is -2.82. The molecule has 0 saturated heterocycles. The predicted octanol–water partition coefficient (Wildman–Crippen LogP) is 2.92. The smallest absolute Gasteiger partial charge is 0.119 e. The Morgan fingerprint density at radius 2 is 1.81 bits per heavy atom. The third-order valence-electron chi connectivity index (χ3n) is 3.11. The van der Waals surface area contributed by atoms with Crippen LogP contribution in [0.5, 0.6) is 5.75 Å². The average molecular weight is 280 g/mol. The minimum Gasteiger partial charge on any atom is -0.494 e. The maximum Gasteiger partial charge on any atom is 0.119 e. The van der Waals surface area contributed by atoms with E-state index in [0.29, 0.717) is 12.3 Å². The minimum absolute atomic E-state index is 0.635. The summed E-state index contributed by atoms with van der Waals surface area (Å²) in [4.78, 5) is 4.00. The van der Waals surface area contributed by atoms with Crippen LogP contribution in [0.15, 0.2) is 55.0 Å². The molecule has 0 aliphatic carbocycles. The van der Waals surface area contributed by atoms with Crippen molar-refractivity contribution in [3.63, 3.8) is 0 Å². The lowest BCUT2D eigenvalue weighted by Gasteiger charge is -2.04. The molecule has 0 radical (unpaired) electrons. The molecule has 0 aliphatic rings. The number of ether oxygens (including phenoxy) is 1. The number of anilines is 1. The maximum atomic E-state index is 6.08. The molecule has 0 fully saturated rings. The molecule has 0 unspecified atom stereocenters. The fourth-order valence-electron chi connectivity index (χ4n) is 2.12. The molecule has 5 nitrogen and oxygen atoms in total. The zero-order chi connectivity index (χ0) is 14.7. The third-order valence-corrected chi connectivity index (χ3v) is 3.11. The zero-order valence-electron chi connectivity index (χ0n) is 11.7. The first-order valence-corrected chi connectivity index (χ1v) is 6.76. The second-order valence-electron chi connectivity index (χ2n) is 4.54. The molecule has 0 saturated carbocycles.